The van der Waals surface area contributed by atoms with Crippen molar-refractivity contribution in [1.82, 2.24) is 0 Å². The second-order valence-corrected chi connectivity index (χ2v) is 6.74. The first-order valence-corrected chi connectivity index (χ1v) is 8.05. The SMILES string of the molecule is O=S(=O)(O)C(F)(F)C(F)(F)C(F)(F)F.O=S(=O)(O)c1ccccc1. The van der Waals surface area contributed by atoms with Crippen LogP contribution in [0.25, 0.3) is 0 Å². The van der Waals surface area contributed by atoms with Crippen LogP contribution in [0.2, 0.25) is 0 Å². The van der Waals surface area contributed by atoms with Crippen molar-refractivity contribution in [2.45, 2.75) is 22.2 Å². The van der Waals surface area contributed by atoms with Crippen LogP contribution in [0.15, 0.2) is 35.2 Å². The van der Waals surface area contributed by atoms with Crippen molar-refractivity contribution in [1.29, 1.82) is 0 Å². The third-order valence-corrected chi connectivity index (χ3v) is 3.86. The van der Waals surface area contributed by atoms with Crippen molar-refractivity contribution in [2.24, 2.45) is 0 Å². The highest BCUT2D eigenvalue weighted by Crippen LogP contribution is 2.48. The second-order valence-electron chi connectivity index (χ2n) is 3.85. The van der Waals surface area contributed by atoms with Gasteiger partial charge in [-0.2, -0.15) is 47.6 Å². The average Bonchev–Trinajstić information content (AvgIpc) is 2.36. The lowest BCUT2D eigenvalue weighted by Gasteiger charge is -2.25. The van der Waals surface area contributed by atoms with Gasteiger partial charge in [-0.05, 0) is 12.1 Å². The number of rotatable bonds is 3. The lowest BCUT2D eigenvalue weighted by molar-refractivity contribution is -0.333. The van der Waals surface area contributed by atoms with Crippen LogP contribution < -0.4 is 0 Å². The normalized spacial score (nSPS) is 13.9. The molecule has 2 N–H and O–H groups in total. The fourth-order valence-corrected chi connectivity index (χ4v) is 1.86. The Morgan fingerprint density at radius 3 is 1.29 bits per heavy atom. The molecule has 1 rings (SSSR count). The third kappa shape index (κ3) is 5.02. The van der Waals surface area contributed by atoms with E-state index in [1.165, 1.54) is 12.1 Å². The van der Waals surface area contributed by atoms with Crippen LogP contribution in [-0.2, 0) is 20.2 Å². The molecule has 1 aromatic rings. The van der Waals surface area contributed by atoms with Gasteiger partial charge in [-0.25, -0.2) is 0 Å². The minimum absolute atomic E-state index is 0.0741. The first kappa shape index (κ1) is 22.6. The molecule has 1 aromatic carbocycles. The van der Waals surface area contributed by atoms with Gasteiger partial charge in [0.25, 0.3) is 10.1 Å². The van der Waals surface area contributed by atoms with Crippen LogP contribution in [0, 0.1) is 0 Å². The van der Waals surface area contributed by atoms with Gasteiger partial charge in [-0.1, -0.05) is 18.2 Å². The molecule has 0 bridgehead atoms. The van der Waals surface area contributed by atoms with E-state index < -0.39 is 37.6 Å². The number of hydrogen-bond acceptors (Lipinski definition) is 4. The molecule has 15 heteroatoms. The summed E-state index contributed by atoms with van der Waals surface area (Å²) in [6.45, 7) is 0. The van der Waals surface area contributed by atoms with E-state index in [0.717, 1.165) is 0 Å². The summed E-state index contributed by atoms with van der Waals surface area (Å²) in [6.07, 6.45) is -6.79. The van der Waals surface area contributed by atoms with E-state index in [2.05, 4.69) is 0 Å². The van der Waals surface area contributed by atoms with Crippen LogP contribution in [0.5, 0.6) is 0 Å². The monoisotopic (exact) mass is 408 g/mol. The van der Waals surface area contributed by atoms with E-state index in [9.17, 15) is 47.6 Å². The minimum atomic E-state index is -6.85. The zero-order valence-corrected chi connectivity index (χ0v) is 12.5. The van der Waals surface area contributed by atoms with Crippen molar-refractivity contribution < 1.29 is 56.7 Å². The average molecular weight is 408 g/mol. The fraction of sp³-hybridized carbons (Fsp3) is 0.333. The number of alkyl halides is 7. The Bertz CT molecular complexity index is 755. The molecule has 140 valence electrons. The number of halogens is 7. The predicted molar refractivity (Wildman–Crippen MR) is 63.8 cm³/mol. The largest absolute Gasteiger partial charge is 0.461 e. The van der Waals surface area contributed by atoms with Crippen LogP contribution in [0.1, 0.15) is 0 Å². The summed E-state index contributed by atoms with van der Waals surface area (Å²) in [4.78, 5) is -0.0741. The van der Waals surface area contributed by atoms with Crippen LogP contribution in [0.4, 0.5) is 30.7 Å². The lowest BCUT2D eigenvalue weighted by Crippen LogP contribution is -2.55. The molecule has 0 aliphatic rings. The van der Waals surface area contributed by atoms with E-state index in [1.54, 1.807) is 18.2 Å². The zero-order valence-electron chi connectivity index (χ0n) is 10.9. The van der Waals surface area contributed by atoms with E-state index in [0.29, 0.717) is 0 Å². The highest BCUT2D eigenvalue weighted by atomic mass is 32.2. The maximum Gasteiger partial charge on any atom is 0.461 e. The highest BCUT2D eigenvalue weighted by Gasteiger charge is 2.78. The molecule has 0 heterocycles. The predicted octanol–water partition coefficient (Wildman–Crippen LogP) is 2.60. The van der Waals surface area contributed by atoms with Gasteiger partial charge in [0.05, 0.1) is 4.90 Å². The van der Waals surface area contributed by atoms with Crippen LogP contribution >= 0.6 is 0 Å². The summed E-state index contributed by atoms with van der Waals surface area (Å²) in [5, 5.41) is -6.61. The quantitative estimate of drug-likeness (QED) is 0.588. The number of hydrogen-bond donors (Lipinski definition) is 2. The summed E-state index contributed by atoms with van der Waals surface area (Å²) in [7, 11) is -10.8. The molecule has 0 atom stereocenters. The Morgan fingerprint density at radius 2 is 1.12 bits per heavy atom. The van der Waals surface area contributed by atoms with Gasteiger partial charge in [0.1, 0.15) is 0 Å². The Morgan fingerprint density at radius 1 is 0.750 bits per heavy atom. The molecule has 0 fully saturated rings. The van der Waals surface area contributed by atoms with Crippen LogP contribution in [-0.4, -0.2) is 43.3 Å². The summed E-state index contributed by atoms with van der Waals surface area (Å²) < 4.78 is 137. The Kier molecular flexibility index (Phi) is 6.40. The minimum Gasteiger partial charge on any atom is -0.282 e. The first-order chi connectivity index (χ1) is 10.4. The van der Waals surface area contributed by atoms with Gasteiger partial charge in [-0.3, -0.25) is 9.11 Å². The third-order valence-electron chi connectivity index (χ3n) is 2.09. The molecular weight excluding hydrogens is 401 g/mol. The molecule has 0 aromatic heterocycles. The summed E-state index contributed by atoms with van der Waals surface area (Å²) in [6, 6.07) is 7.42. The van der Waals surface area contributed by atoms with E-state index >= 15 is 0 Å². The maximum absolute atomic E-state index is 11.9. The smallest absolute Gasteiger partial charge is 0.282 e. The molecule has 0 amide bonds. The Balaban J connectivity index is 0.000000463. The van der Waals surface area contributed by atoms with Gasteiger partial charge in [0, 0.05) is 0 Å². The van der Waals surface area contributed by atoms with Gasteiger partial charge >= 0.3 is 27.5 Å². The summed E-state index contributed by atoms with van der Waals surface area (Å²) >= 11 is 0. The lowest BCUT2D eigenvalue weighted by atomic mass is 10.3. The van der Waals surface area contributed by atoms with Gasteiger partial charge < -0.3 is 0 Å². The van der Waals surface area contributed by atoms with Gasteiger partial charge in [-0.15, -0.1) is 0 Å². The molecule has 0 saturated carbocycles. The first-order valence-electron chi connectivity index (χ1n) is 5.17. The molecule has 0 unspecified atom stereocenters. The van der Waals surface area contributed by atoms with Crippen molar-refractivity contribution in [3.63, 3.8) is 0 Å². The number of benzene rings is 1. The van der Waals surface area contributed by atoms with E-state index in [-0.39, 0.29) is 4.90 Å². The molecule has 0 aliphatic heterocycles. The molecule has 0 saturated heterocycles. The molecular formula is C9H7F7O6S2. The molecule has 0 spiro atoms. The fourth-order valence-electron chi connectivity index (χ4n) is 0.919. The molecule has 0 aliphatic carbocycles. The topological polar surface area (TPSA) is 109 Å². The van der Waals surface area contributed by atoms with Gasteiger partial charge in [0.2, 0.25) is 0 Å². The second kappa shape index (κ2) is 6.81. The van der Waals surface area contributed by atoms with E-state index in [1.807, 2.05) is 0 Å². The van der Waals surface area contributed by atoms with Crippen molar-refractivity contribution in [3.05, 3.63) is 30.3 Å². The highest BCUT2D eigenvalue weighted by molar-refractivity contribution is 7.87. The molecule has 6 nitrogen and oxygen atoms in total. The van der Waals surface area contributed by atoms with Crippen LogP contribution in [0.3, 0.4) is 0 Å². The van der Waals surface area contributed by atoms with Crippen molar-refractivity contribution in [3.8, 4) is 0 Å². The Hall–Kier alpha value is -1.45. The summed E-state index contributed by atoms with van der Waals surface area (Å²) in [5.74, 6) is -6.85. The zero-order chi connectivity index (χ0) is 19.6. The Labute approximate surface area is 130 Å². The van der Waals surface area contributed by atoms with Crippen molar-refractivity contribution >= 4 is 20.2 Å². The van der Waals surface area contributed by atoms with Gasteiger partial charge in [0.15, 0.2) is 0 Å². The summed E-state index contributed by atoms with van der Waals surface area (Å²) in [5.41, 5.74) is 0. The van der Waals surface area contributed by atoms with Crippen molar-refractivity contribution in [2.75, 3.05) is 0 Å². The maximum atomic E-state index is 11.9. The molecule has 24 heavy (non-hydrogen) atoms. The standard InChI is InChI=1S/C6H6O3S.C3HF7O3S/c7-10(8,9)6-4-2-1-3-5-6;4-1(5,2(6,7)8)3(9,10)14(11,12)13/h1-5H,(H,7,8,9);(H,11,12,13). The molecule has 0 radical (unpaired) electrons. The van der Waals surface area contributed by atoms with E-state index in [4.69, 9.17) is 9.11 Å².